The molecule has 0 amide bonds. The van der Waals surface area contributed by atoms with E-state index in [9.17, 15) is 0 Å². The summed E-state index contributed by atoms with van der Waals surface area (Å²) in [7, 11) is -0.428. The lowest BCUT2D eigenvalue weighted by atomic mass is 10.2. The first-order valence-corrected chi connectivity index (χ1v) is 7.82. The van der Waals surface area contributed by atoms with Gasteiger partial charge < -0.3 is 0 Å². The summed E-state index contributed by atoms with van der Waals surface area (Å²) in [6.07, 6.45) is 0. The van der Waals surface area contributed by atoms with Crippen molar-refractivity contribution in [3.05, 3.63) is 35.9 Å². The highest BCUT2D eigenvalue weighted by molar-refractivity contribution is 6.64. The standard InChI is InChI=1S/C15H25Si/c1-14(2,3)16(15(4,5)6)12-13-10-8-7-9-11-13/h7-11H,12H2,1-6H3. The Labute approximate surface area is 103 Å². The summed E-state index contributed by atoms with van der Waals surface area (Å²) >= 11 is 0. The van der Waals surface area contributed by atoms with Gasteiger partial charge in [0.05, 0.1) is 8.80 Å². The van der Waals surface area contributed by atoms with E-state index in [1.807, 2.05) is 0 Å². The van der Waals surface area contributed by atoms with Crippen LogP contribution in [0.4, 0.5) is 0 Å². The molecule has 1 heteroatoms. The Hall–Kier alpha value is -0.563. The minimum absolute atomic E-state index is 0.428. The smallest absolute Gasteiger partial charge is 0.0627 e. The van der Waals surface area contributed by atoms with Crippen molar-refractivity contribution in [2.24, 2.45) is 0 Å². The van der Waals surface area contributed by atoms with Crippen LogP contribution >= 0.6 is 0 Å². The molecule has 0 heterocycles. The average molecular weight is 233 g/mol. The molecular formula is C15H25Si. The quantitative estimate of drug-likeness (QED) is 0.640. The van der Waals surface area contributed by atoms with Crippen LogP contribution in [0.1, 0.15) is 47.1 Å². The molecule has 0 aliphatic heterocycles. The second-order valence-corrected chi connectivity index (χ2v) is 11.0. The molecule has 0 atom stereocenters. The van der Waals surface area contributed by atoms with Gasteiger partial charge in [-0.15, -0.1) is 0 Å². The predicted molar refractivity (Wildman–Crippen MR) is 75.3 cm³/mol. The maximum Gasteiger partial charge on any atom is 0.0641 e. The molecule has 0 N–H and O–H groups in total. The molecular weight excluding hydrogens is 208 g/mol. The summed E-state index contributed by atoms with van der Waals surface area (Å²) in [5.74, 6) is 0. The molecule has 1 aromatic carbocycles. The van der Waals surface area contributed by atoms with Gasteiger partial charge in [-0.05, 0) is 16.1 Å². The summed E-state index contributed by atoms with van der Waals surface area (Å²) < 4.78 is 0. The maximum atomic E-state index is 2.40. The van der Waals surface area contributed by atoms with E-state index in [2.05, 4.69) is 71.9 Å². The molecule has 1 radical (unpaired) electrons. The molecule has 0 aromatic heterocycles. The van der Waals surface area contributed by atoms with Crippen molar-refractivity contribution in [2.75, 3.05) is 0 Å². The van der Waals surface area contributed by atoms with Crippen LogP contribution in [0, 0.1) is 0 Å². The highest BCUT2D eigenvalue weighted by Crippen LogP contribution is 2.43. The Morgan fingerprint density at radius 2 is 1.25 bits per heavy atom. The molecule has 0 fully saturated rings. The summed E-state index contributed by atoms with van der Waals surface area (Å²) in [5, 5.41) is 0.914. The molecule has 0 saturated heterocycles. The van der Waals surface area contributed by atoms with Crippen molar-refractivity contribution in [1.29, 1.82) is 0 Å². The van der Waals surface area contributed by atoms with Crippen LogP contribution < -0.4 is 0 Å². The third kappa shape index (κ3) is 3.78. The van der Waals surface area contributed by atoms with E-state index in [-0.39, 0.29) is 0 Å². The van der Waals surface area contributed by atoms with Crippen molar-refractivity contribution in [1.82, 2.24) is 0 Å². The largest absolute Gasteiger partial charge is 0.0641 e. The number of hydrogen-bond donors (Lipinski definition) is 0. The minimum Gasteiger partial charge on any atom is -0.0627 e. The average Bonchev–Trinajstić information content (AvgIpc) is 2.12. The summed E-state index contributed by atoms with van der Waals surface area (Å²) in [6.45, 7) is 14.4. The zero-order chi connectivity index (χ0) is 12.4. The molecule has 89 valence electrons. The first-order valence-electron chi connectivity index (χ1n) is 6.12. The number of hydrogen-bond acceptors (Lipinski definition) is 0. The van der Waals surface area contributed by atoms with Gasteiger partial charge in [-0.25, -0.2) is 0 Å². The van der Waals surface area contributed by atoms with Crippen LogP contribution in [0.2, 0.25) is 10.1 Å². The third-order valence-corrected chi connectivity index (χ3v) is 7.42. The molecule has 1 aromatic rings. The van der Waals surface area contributed by atoms with Crippen molar-refractivity contribution in [3.63, 3.8) is 0 Å². The Bertz CT molecular complexity index is 300. The second kappa shape index (κ2) is 4.75. The molecule has 0 aliphatic rings. The van der Waals surface area contributed by atoms with E-state index in [4.69, 9.17) is 0 Å². The Balaban J connectivity index is 2.89. The molecule has 0 aliphatic carbocycles. The number of benzene rings is 1. The van der Waals surface area contributed by atoms with Gasteiger partial charge in [0.25, 0.3) is 0 Å². The van der Waals surface area contributed by atoms with Gasteiger partial charge in [0, 0.05) is 0 Å². The van der Waals surface area contributed by atoms with Gasteiger partial charge in [0.1, 0.15) is 0 Å². The fraction of sp³-hybridized carbons (Fsp3) is 0.600. The van der Waals surface area contributed by atoms with Crippen LogP contribution in [0.5, 0.6) is 0 Å². The molecule has 0 unspecified atom stereocenters. The van der Waals surface area contributed by atoms with Crippen molar-refractivity contribution < 1.29 is 0 Å². The van der Waals surface area contributed by atoms with Crippen LogP contribution in [0.3, 0.4) is 0 Å². The van der Waals surface area contributed by atoms with Crippen LogP contribution in [0.25, 0.3) is 0 Å². The van der Waals surface area contributed by atoms with Crippen LogP contribution in [-0.4, -0.2) is 8.80 Å². The summed E-state index contributed by atoms with van der Waals surface area (Å²) in [4.78, 5) is 0. The van der Waals surface area contributed by atoms with Crippen molar-refractivity contribution in [2.45, 2.75) is 57.7 Å². The SMILES string of the molecule is CC(C)(C)[Si](Cc1ccccc1)C(C)(C)C. The zero-order valence-electron chi connectivity index (χ0n) is 11.6. The summed E-state index contributed by atoms with van der Waals surface area (Å²) in [6, 6.07) is 12.2. The molecule has 0 spiro atoms. The van der Waals surface area contributed by atoms with Crippen molar-refractivity contribution >= 4 is 8.80 Å². The van der Waals surface area contributed by atoms with E-state index in [1.54, 1.807) is 0 Å². The van der Waals surface area contributed by atoms with Gasteiger partial charge in [0.2, 0.25) is 0 Å². The van der Waals surface area contributed by atoms with Gasteiger partial charge in [-0.3, -0.25) is 0 Å². The lowest BCUT2D eigenvalue weighted by molar-refractivity contribution is 0.636. The van der Waals surface area contributed by atoms with E-state index >= 15 is 0 Å². The third-order valence-electron chi connectivity index (χ3n) is 3.03. The van der Waals surface area contributed by atoms with E-state index in [0.29, 0.717) is 10.1 Å². The Morgan fingerprint density at radius 3 is 1.62 bits per heavy atom. The highest BCUT2D eigenvalue weighted by atomic mass is 28.3. The fourth-order valence-electron chi connectivity index (χ4n) is 2.46. The lowest BCUT2D eigenvalue weighted by Crippen LogP contribution is -2.37. The Kier molecular flexibility index (Phi) is 4.00. The molecule has 0 saturated carbocycles. The zero-order valence-corrected chi connectivity index (χ0v) is 12.6. The van der Waals surface area contributed by atoms with E-state index in [0.717, 1.165) is 0 Å². The van der Waals surface area contributed by atoms with E-state index < -0.39 is 8.80 Å². The minimum atomic E-state index is -0.428. The molecule has 1 rings (SSSR count). The first-order chi connectivity index (χ1) is 7.21. The number of rotatable bonds is 2. The maximum absolute atomic E-state index is 2.40. The highest BCUT2D eigenvalue weighted by Gasteiger charge is 2.36. The monoisotopic (exact) mass is 233 g/mol. The van der Waals surface area contributed by atoms with Gasteiger partial charge in [-0.2, -0.15) is 0 Å². The molecule has 0 nitrogen and oxygen atoms in total. The Morgan fingerprint density at radius 1 is 0.812 bits per heavy atom. The first kappa shape index (κ1) is 13.5. The van der Waals surface area contributed by atoms with Gasteiger partial charge >= 0.3 is 0 Å². The summed E-state index contributed by atoms with van der Waals surface area (Å²) in [5.41, 5.74) is 1.50. The molecule has 16 heavy (non-hydrogen) atoms. The topological polar surface area (TPSA) is 0 Å². The lowest BCUT2D eigenvalue weighted by Gasteiger charge is -2.39. The van der Waals surface area contributed by atoms with Gasteiger partial charge in [-0.1, -0.05) is 77.4 Å². The van der Waals surface area contributed by atoms with Crippen molar-refractivity contribution in [3.8, 4) is 0 Å². The molecule has 0 bridgehead atoms. The van der Waals surface area contributed by atoms with Gasteiger partial charge in [0.15, 0.2) is 0 Å². The van der Waals surface area contributed by atoms with E-state index in [1.165, 1.54) is 11.6 Å². The normalized spacial score (nSPS) is 13.2. The fourth-order valence-corrected chi connectivity index (χ4v) is 6.41. The van der Waals surface area contributed by atoms with Crippen LogP contribution in [-0.2, 0) is 6.04 Å². The van der Waals surface area contributed by atoms with Crippen LogP contribution in [0.15, 0.2) is 30.3 Å². The predicted octanol–water partition coefficient (Wildman–Crippen LogP) is 4.86. The second-order valence-electron chi connectivity index (χ2n) is 6.64.